The minimum atomic E-state index is -0.729. The van der Waals surface area contributed by atoms with Gasteiger partial charge in [-0.3, -0.25) is 24.3 Å². The highest BCUT2D eigenvalue weighted by Crippen LogP contribution is 2.21. The van der Waals surface area contributed by atoms with E-state index in [1.54, 1.807) is 36.9 Å². The minimum absolute atomic E-state index is 0.126. The molecule has 1 amide bonds. The molecule has 3 aromatic rings. The number of nitrogens with one attached hydrogen (secondary N) is 1. The predicted octanol–water partition coefficient (Wildman–Crippen LogP) is 3.20. The smallest absolute Gasteiger partial charge is 0.307 e. The molecule has 1 aromatic carbocycles. The summed E-state index contributed by atoms with van der Waals surface area (Å²) in [7, 11) is 0. The summed E-state index contributed by atoms with van der Waals surface area (Å²) in [5.74, 6) is -0.00250. The summed E-state index contributed by atoms with van der Waals surface area (Å²) in [5, 5.41) is 22.5. The number of aromatic nitrogens is 4. The van der Waals surface area contributed by atoms with E-state index in [1.807, 2.05) is 18.2 Å². The molecular formula is C17H17ClN6O3. The van der Waals surface area contributed by atoms with Crippen molar-refractivity contribution in [2.75, 3.05) is 5.32 Å². The fourth-order valence-corrected chi connectivity index (χ4v) is 2.84. The first-order chi connectivity index (χ1) is 12.9. The Balaban J connectivity index is 1.69. The van der Waals surface area contributed by atoms with E-state index < -0.39 is 11.0 Å². The van der Waals surface area contributed by atoms with E-state index in [1.165, 1.54) is 4.68 Å². The van der Waals surface area contributed by atoms with Crippen molar-refractivity contribution in [1.29, 1.82) is 0 Å². The Morgan fingerprint density at radius 1 is 1.37 bits per heavy atom. The number of halogens is 1. The van der Waals surface area contributed by atoms with Gasteiger partial charge in [-0.25, -0.2) is 0 Å². The minimum Gasteiger partial charge on any atom is -0.307 e. The largest absolute Gasteiger partial charge is 0.309 e. The van der Waals surface area contributed by atoms with Crippen molar-refractivity contribution in [3.05, 3.63) is 69.1 Å². The van der Waals surface area contributed by atoms with Crippen molar-refractivity contribution in [2.45, 2.75) is 26.4 Å². The zero-order chi connectivity index (χ0) is 19.6. The normalized spacial score (nSPS) is 12.0. The first-order valence-corrected chi connectivity index (χ1v) is 8.51. The maximum absolute atomic E-state index is 12.5. The summed E-state index contributed by atoms with van der Waals surface area (Å²) >= 11 is 6.15. The molecule has 2 aromatic heterocycles. The van der Waals surface area contributed by atoms with Crippen molar-refractivity contribution in [3.63, 3.8) is 0 Å². The topological polar surface area (TPSA) is 108 Å². The fraction of sp³-hybridized carbons (Fsp3) is 0.235. The standard InChI is InChI=1S/C17H17ClN6O3/c1-11-15(24(26)27)9-19-23(11)12(2)17(25)20-16-7-8-22(21-16)10-13-5-3-4-6-14(13)18/h3-9,12H,10H2,1-2H3,(H,20,21,25). The number of carbonyl (C=O) groups excluding carboxylic acids is 1. The van der Waals surface area contributed by atoms with E-state index in [4.69, 9.17) is 11.6 Å². The number of anilines is 1. The summed E-state index contributed by atoms with van der Waals surface area (Å²) in [6.07, 6.45) is 2.87. The van der Waals surface area contributed by atoms with Crippen molar-refractivity contribution < 1.29 is 9.72 Å². The molecule has 0 fully saturated rings. The number of carbonyl (C=O) groups is 1. The van der Waals surface area contributed by atoms with Crippen LogP contribution in [0.2, 0.25) is 5.02 Å². The number of amides is 1. The number of hydrogen-bond donors (Lipinski definition) is 1. The second-order valence-corrected chi connectivity index (χ2v) is 6.38. The lowest BCUT2D eigenvalue weighted by atomic mass is 10.2. The van der Waals surface area contributed by atoms with Crippen LogP contribution in [0.5, 0.6) is 0 Å². The van der Waals surface area contributed by atoms with Gasteiger partial charge in [0.2, 0.25) is 5.91 Å². The first-order valence-electron chi connectivity index (χ1n) is 8.13. The van der Waals surface area contributed by atoms with Crippen molar-refractivity contribution in [2.24, 2.45) is 0 Å². The van der Waals surface area contributed by atoms with Gasteiger partial charge in [0.05, 0.1) is 11.5 Å². The zero-order valence-electron chi connectivity index (χ0n) is 14.7. The molecule has 0 aliphatic carbocycles. The highest BCUT2D eigenvalue weighted by atomic mass is 35.5. The van der Waals surface area contributed by atoms with Crippen LogP contribution < -0.4 is 5.32 Å². The lowest BCUT2D eigenvalue weighted by molar-refractivity contribution is -0.385. The average molecular weight is 389 g/mol. The fourth-order valence-electron chi connectivity index (χ4n) is 2.64. The third-order valence-electron chi connectivity index (χ3n) is 4.14. The summed E-state index contributed by atoms with van der Waals surface area (Å²) in [6, 6.07) is 8.38. The van der Waals surface area contributed by atoms with Crippen LogP contribution in [-0.2, 0) is 11.3 Å². The molecule has 1 atom stereocenters. The molecule has 1 unspecified atom stereocenters. The van der Waals surface area contributed by atoms with Crippen LogP contribution in [0.3, 0.4) is 0 Å². The van der Waals surface area contributed by atoms with Crippen molar-refractivity contribution in [3.8, 4) is 0 Å². The number of benzene rings is 1. The maximum Gasteiger partial charge on any atom is 0.309 e. The zero-order valence-corrected chi connectivity index (χ0v) is 15.4. The molecular weight excluding hydrogens is 372 g/mol. The predicted molar refractivity (Wildman–Crippen MR) is 99.7 cm³/mol. The summed E-state index contributed by atoms with van der Waals surface area (Å²) in [4.78, 5) is 22.9. The molecule has 0 aliphatic heterocycles. The second kappa shape index (κ2) is 7.58. The average Bonchev–Trinajstić information content (AvgIpc) is 3.22. The Labute approximate surface area is 159 Å². The second-order valence-electron chi connectivity index (χ2n) is 5.97. The molecule has 9 nitrogen and oxygen atoms in total. The van der Waals surface area contributed by atoms with E-state index in [2.05, 4.69) is 15.5 Å². The quantitative estimate of drug-likeness (QED) is 0.515. The highest BCUT2D eigenvalue weighted by molar-refractivity contribution is 6.31. The lowest BCUT2D eigenvalue weighted by Crippen LogP contribution is -2.25. The maximum atomic E-state index is 12.5. The summed E-state index contributed by atoms with van der Waals surface area (Å²) in [5.41, 5.74) is 1.10. The lowest BCUT2D eigenvalue weighted by Gasteiger charge is -2.12. The van der Waals surface area contributed by atoms with Gasteiger partial charge >= 0.3 is 5.69 Å². The highest BCUT2D eigenvalue weighted by Gasteiger charge is 2.24. The Kier molecular flexibility index (Phi) is 5.22. The van der Waals surface area contributed by atoms with Gasteiger partial charge in [0.25, 0.3) is 0 Å². The molecule has 0 saturated carbocycles. The number of nitro groups is 1. The van der Waals surface area contributed by atoms with Gasteiger partial charge in [-0.2, -0.15) is 10.2 Å². The molecule has 1 N–H and O–H groups in total. The molecule has 0 radical (unpaired) electrons. The monoisotopic (exact) mass is 388 g/mol. The number of hydrogen-bond acceptors (Lipinski definition) is 5. The molecule has 0 saturated heterocycles. The van der Waals surface area contributed by atoms with Crippen LogP contribution >= 0.6 is 11.6 Å². The van der Waals surface area contributed by atoms with E-state index in [0.717, 1.165) is 11.8 Å². The van der Waals surface area contributed by atoms with Gasteiger partial charge in [-0.05, 0) is 25.5 Å². The van der Waals surface area contributed by atoms with Gasteiger partial charge in [-0.15, -0.1) is 0 Å². The molecule has 140 valence electrons. The van der Waals surface area contributed by atoms with Crippen LogP contribution in [0.1, 0.15) is 24.2 Å². The number of rotatable bonds is 6. The van der Waals surface area contributed by atoms with E-state index in [0.29, 0.717) is 23.1 Å². The van der Waals surface area contributed by atoms with Gasteiger partial charge in [0.1, 0.15) is 17.9 Å². The first kappa shape index (κ1) is 18.6. The SMILES string of the molecule is Cc1c([N+](=O)[O-])cnn1C(C)C(=O)Nc1ccn(Cc2ccccc2Cl)n1. The third kappa shape index (κ3) is 3.98. The van der Waals surface area contributed by atoms with Crippen LogP contribution in [0.25, 0.3) is 0 Å². The van der Waals surface area contributed by atoms with Crippen LogP contribution in [0.4, 0.5) is 11.5 Å². The van der Waals surface area contributed by atoms with Crippen molar-refractivity contribution in [1.82, 2.24) is 19.6 Å². The molecule has 27 heavy (non-hydrogen) atoms. The molecule has 0 spiro atoms. The van der Waals surface area contributed by atoms with Gasteiger partial charge in [0.15, 0.2) is 5.82 Å². The van der Waals surface area contributed by atoms with Gasteiger partial charge < -0.3 is 5.32 Å². The van der Waals surface area contributed by atoms with E-state index in [-0.39, 0.29) is 11.6 Å². The molecule has 10 heteroatoms. The van der Waals surface area contributed by atoms with Crippen LogP contribution in [-0.4, -0.2) is 30.4 Å². The summed E-state index contributed by atoms with van der Waals surface area (Å²) in [6.45, 7) is 3.63. The Morgan fingerprint density at radius 3 is 2.78 bits per heavy atom. The van der Waals surface area contributed by atoms with Gasteiger partial charge in [-0.1, -0.05) is 29.8 Å². The summed E-state index contributed by atoms with van der Waals surface area (Å²) < 4.78 is 2.97. The molecule has 2 heterocycles. The van der Waals surface area contributed by atoms with Crippen LogP contribution in [0.15, 0.2) is 42.7 Å². The molecule has 0 bridgehead atoms. The van der Waals surface area contributed by atoms with Gasteiger partial charge in [0, 0.05) is 17.3 Å². The van der Waals surface area contributed by atoms with E-state index in [9.17, 15) is 14.9 Å². The molecule has 0 aliphatic rings. The Morgan fingerprint density at radius 2 is 2.11 bits per heavy atom. The van der Waals surface area contributed by atoms with Crippen molar-refractivity contribution >= 4 is 29.0 Å². The Hall–Kier alpha value is -3.20. The Bertz CT molecular complexity index is 996. The third-order valence-corrected chi connectivity index (χ3v) is 4.51. The van der Waals surface area contributed by atoms with E-state index >= 15 is 0 Å². The molecule has 3 rings (SSSR count). The van der Waals surface area contributed by atoms with Crippen LogP contribution in [0, 0.1) is 17.0 Å². The number of nitrogens with zero attached hydrogens (tertiary/aromatic N) is 5.